The minimum Gasteiger partial charge on any atom is -0.288 e. The highest BCUT2D eigenvalue weighted by Crippen LogP contribution is 2.28. The number of nitro groups is 1. The number of nitro benzene ring substituents is 1. The number of ketones is 1. The Hall–Kier alpha value is -3.02. The Balaban J connectivity index is 1.96. The van der Waals surface area contributed by atoms with Crippen LogP contribution in [0.1, 0.15) is 21.5 Å². The van der Waals surface area contributed by atoms with Crippen LogP contribution in [0.15, 0.2) is 71.7 Å². The van der Waals surface area contributed by atoms with E-state index >= 15 is 0 Å². The van der Waals surface area contributed by atoms with E-state index in [1.54, 1.807) is 48.5 Å². The lowest BCUT2D eigenvalue weighted by atomic mass is 10.0. The maximum absolute atomic E-state index is 12.9. The maximum Gasteiger partial charge on any atom is 0.269 e. The van der Waals surface area contributed by atoms with Crippen molar-refractivity contribution >= 4 is 46.6 Å². The van der Waals surface area contributed by atoms with Crippen molar-refractivity contribution in [2.24, 2.45) is 4.99 Å². The van der Waals surface area contributed by atoms with E-state index in [-0.39, 0.29) is 11.5 Å². The van der Waals surface area contributed by atoms with E-state index in [0.29, 0.717) is 32.4 Å². The molecule has 0 aliphatic heterocycles. The first kappa shape index (κ1) is 18.8. The summed E-state index contributed by atoms with van der Waals surface area (Å²) in [6, 6.07) is 17.5. The van der Waals surface area contributed by atoms with Crippen LogP contribution in [0.5, 0.6) is 0 Å². The highest BCUT2D eigenvalue weighted by molar-refractivity contribution is 6.35. The lowest BCUT2D eigenvalue weighted by molar-refractivity contribution is -0.384. The Bertz CT molecular complexity index is 1050. The first-order chi connectivity index (χ1) is 13.0. The topological polar surface area (TPSA) is 72.6 Å². The fourth-order valence-electron chi connectivity index (χ4n) is 2.42. The van der Waals surface area contributed by atoms with Gasteiger partial charge in [0, 0.05) is 34.5 Å². The zero-order valence-electron chi connectivity index (χ0n) is 13.8. The number of aliphatic imine (C=N–C) groups is 1. The highest BCUT2D eigenvalue weighted by Gasteiger charge is 2.16. The molecule has 0 aliphatic rings. The van der Waals surface area contributed by atoms with Crippen molar-refractivity contribution in [1.29, 1.82) is 0 Å². The molecule has 0 bridgehead atoms. The molecule has 5 nitrogen and oxygen atoms in total. The first-order valence-corrected chi connectivity index (χ1v) is 8.58. The van der Waals surface area contributed by atoms with E-state index in [1.807, 2.05) is 0 Å². The Morgan fingerprint density at radius 1 is 0.963 bits per heavy atom. The Kier molecular flexibility index (Phi) is 5.64. The summed E-state index contributed by atoms with van der Waals surface area (Å²) in [5.74, 6) is -0.293. The van der Waals surface area contributed by atoms with Crippen LogP contribution in [0.3, 0.4) is 0 Å². The first-order valence-electron chi connectivity index (χ1n) is 7.83. The molecule has 0 N–H and O–H groups in total. The van der Waals surface area contributed by atoms with Crippen LogP contribution in [0, 0.1) is 10.1 Å². The van der Waals surface area contributed by atoms with Crippen molar-refractivity contribution in [3.8, 4) is 0 Å². The average molecular weight is 399 g/mol. The minimum absolute atomic E-state index is 0.00627. The molecular weight excluding hydrogens is 387 g/mol. The summed E-state index contributed by atoms with van der Waals surface area (Å²) in [5, 5.41) is 11.5. The molecule has 0 aromatic heterocycles. The van der Waals surface area contributed by atoms with E-state index in [4.69, 9.17) is 23.2 Å². The van der Waals surface area contributed by atoms with Crippen LogP contribution in [0.4, 0.5) is 11.4 Å². The summed E-state index contributed by atoms with van der Waals surface area (Å²) in [5.41, 5.74) is 1.74. The predicted molar refractivity (Wildman–Crippen MR) is 107 cm³/mol. The molecule has 0 saturated heterocycles. The number of rotatable bonds is 5. The second kappa shape index (κ2) is 8.12. The molecule has 0 spiro atoms. The summed E-state index contributed by atoms with van der Waals surface area (Å²) < 4.78 is 0. The van der Waals surface area contributed by atoms with Crippen LogP contribution in [0.25, 0.3) is 0 Å². The van der Waals surface area contributed by atoms with E-state index in [1.165, 1.54) is 24.4 Å². The smallest absolute Gasteiger partial charge is 0.269 e. The summed E-state index contributed by atoms with van der Waals surface area (Å²) in [6.45, 7) is 0. The maximum atomic E-state index is 12.9. The third kappa shape index (κ3) is 4.39. The monoisotopic (exact) mass is 398 g/mol. The van der Waals surface area contributed by atoms with Gasteiger partial charge in [0.1, 0.15) is 0 Å². The van der Waals surface area contributed by atoms with Crippen molar-refractivity contribution in [3.63, 3.8) is 0 Å². The van der Waals surface area contributed by atoms with Crippen molar-refractivity contribution < 1.29 is 9.72 Å². The molecule has 0 saturated carbocycles. The molecule has 0 unspecified atom stereocenters. The third-order valence-electron chi connectivity index (χ3n) is 3.78. The second-order valence-corrected chi connectivity index (χ2v) is 6.42. The van der Waals surface area contributed by atoms with Gasteiger partial charge in [-0.15, -0.1) is 0 Å². The van der Waals surface area contributed by atoms with Crippen LogP contribution < -0.4 is 0 Å². The normalized spacial score (nSPS) is 10.9. The van der Waals surface area contributed by atoms with Gasteiger partial charge in [-0.3, -0.25) is 19.9 Å². The molecule has 0 radical (unpaired) electrons. The molecule has 0 fully saturated rings. The third-order valence-corrected chi connectivity index (χ3v) is 4.34. The summed E-state index contributed by atoms with van der Waals surface area (Å²) >= 11 is 12.2. The van der Waals surface area contributed by atoms with Gasteiger partial charge in [-0.05, 0) is 48.0 Å². The zero-order valence-corrected chi connectivity index (χ0v) is 15.3. The standard InChI is InChI=1S/C20H12Cl2N2O3/c21-14-7-10-19(23-12-13-5-8-15(9-6-13)24(26)27)17(11-14)20(25)16-3-1-2-4-18(16)22/h1-12H. The highest BCUT2D eigenvalue weighted by atomic mass is 35.5. The molecule has 0 atom stereocenters. The van der Waals surface area contributed by atoms with Gasteiger partial charge in [-0.1, -0.05) is 35.3 Å². The van der Waals surface area contributed by atoms with Gasteiger partial charge in [0.25, 0.3) is 5.69 Å². The summed E-state index contributed by atoms with van der Waals surface area (Å²) in [7, 11) is 0. The second-order valence-electron chi connectivity index (χ2n) is 5.58. The van der Waals surface area contributed by atoms with E-state index in [9.17, 15) is 14.9 Å². The van der Waals surface area contributed by atoms with Gasteiger partial charge >= 0.3 is 0 Å². The minimum atomic E-state index is -0.472. The summed E-state index contributed by atoms with van der Waals surface area (Å²) in [6.07, 6.45) is 1.52. The largest absolute Gasteiger partial charge is 0.288 e. The average Bonchev–Trinajstić information content (AvgIpc) is 2.67. The molecule has 0 aliphatic carbocycles. The summed E-state index contributed by atoms with van der Waals surface area (Å²) in [4.78, 5) is 27.5. The van der Waals surface area contributed by atoms with Gasteiger partial charge < -0.3 is 0 Å². The molecule has 0 heterocycles. The number of halogens is 2. The zero-order chi connectivity index (χ0) is 19.4. The van der Waals surface area contributed by atoms with Crippen molar-refractivity contribution in [2.75, 3.05) is 0 Å². The number of carbonyl (C=O) groups is 1. The lowest BCUT2D eigenvalue weighted by Gasteiger charge is -2.07. The van der Waals surface area contributed by atoms with Gasteiger partial charge in [-0.2, -0.15) is 0 Å². The molecule has 134 valence electrons. The molecule has 0 amide bonds. The van der Waals surface area contributed by atoms with Crippen molar-refractivity contribution in [3.05, 3.63) is 104 Å². The number of hydrogen-bond donors (Lipinski definition) is 0. The van der Waals surface area contributed by atoms with E-state index < -0.39 is 4.92 Å². The molecule has 3 aromatic rings. The lowest BCUT2D eigenvalue weighted by Crippen LogP contribution is -2.02. The Morgan fingerprint density at radius 3 is 2.33 bits per heavy atom. The number of non-ortho nitro benzene ring substituents is 1. The van der Waals surface area contributed by atoms with Gasteiger partial charge in [0.2, 0.25) is 0 Å². The van der Waals surface area contributed by atoms with Crippen LogP contribution in [-0.2, 0) is 0 Å². The fraction of sp³-hybridized carbons (Fsp3) is 0. The van der Waals surface area contributed by atoms with Crippen LogP contribution >= 0.6 is 23.2 Å². The van der Waals surface area contributed by atoms with Gasteiger partial charge in [0.05, 0.1) is 15.6 Å². The Morgan fingerprint density at radius 2 is 1.67 bits per heavy atom. The van der Waals surface area contributed by atoms with Gasteiger partial charge in [-0.25, -0.2) is 0 Å². The van der Waals surface area contributed by atoms with Gasteiger partial charge in [0.15, 0.2) is 5.78 Å². The van der Waals surface area contributed by atoms with E-state index in [2.05, 4.69) is 4.99 Å². The quantitative estimate of drug-likeness (QED) is 0.233. The molecule has 27 heavy (non-hydrogen) atoms. The van der Waals surface area contributed by atoms with E-state index in [0.717, 1.165) is 0 Å². The predicted octanol–water partition coefficient (Wildman–Crippen LogP) is 5.88. The molecule has 3 aromatic carbocycles. The van der Waals surface area contributed by atoms with Crippen molar-refractivity contribution in [2.45, 2.75) is 0 Å². The molecule has 7 heteroatoms. The number of hydrogen-bond acceptors (Lipinski definition) is 4. The molecule has 3 rings (SSSR count). The number of nitrogens with zero attached hydrogens (tertiary/aromatic N) is 2. The number of carbonyl (C=O) groups excluding carboxylic acids is 1. The van der Waals surface area contributed by atoms with Crippen molar-refractivity contribution in [1.82, 2.24) is 0 Å². The van der Waals surface area contributed by atoms with Crippen LogP contribution in [-0.4, -0.2) is 16.9 Å². The SMILES string of the molecule is O=C(c1ccccc1Cl)c1cc(Cl)ccc1N=Cc1ccc([N+](=O)[O-])cc1. The fourth-order valence-corrected chi connectivity index (χ4v) is 2.81. The Labute approximate surface area is 165 Å². The van der Waals surface area contributed by atoms with Crippen LogP contribution in [0.2, 0.25) is 10.0 Å². The molecular formula is C20H12Cl2N2O3. The number of benzene rings is 3.